The van der Waals surface area contributed by atoms with E-state index in [-0.39, 0.29) is 11.7 Å². The van der Waals surface area contributed by atoms with Crippen molar-refractivity contribution in [3.63, 3.8) is 0 Å². The third-order valence-electron chi connectivity index (χ3n) is 4.52. The molecule has 3 nitrogen and oxygen atoms in total. The van der Waals surface area contributed by atoms with Crippen LogP contribution in [0.2, 0.25) is 0 Å². The van der Waals surface area contributed by atoms with E-state index in [1.165, 1.54) is 25.7 Å². The minimum atomic E-state index is -0.0809. The number of carbonyl (C=O) groups is 1. The molecule has 20 heavy (non-hydrogen) atoms. The summed E-state index contributed by atoms with van der Waals surface area (Å²) in [7, 11) is 0. The van der Waals surface area contributed by atoms with Crippen LogP contribution in [0, 0.1) is 18.8 Å². The largest absolute Gasteiger partial charge is 0.508 e. The second-order valence-corrected chi connectivity index (χ2v) is 6.12. The van der Waals surface area contributed by atoms with Gasteiger partial charge in [0.1, 0.15) is 5.75 Å². The average molecular weight is 275 g/mol. The third kappa shape index (κ3) is 3.75. The molecule has 2 N–H and O–H groups in total. The smallest absolute Gasteiger partial charge is 0.251 e. The molecule has 1 aliphatic carbocycles. The van der Waals surface area contributed by atoms with E-state index in [1.54, 1.807) is 25.1 Å². The number of phenols is 1. The summed E-state index contributed by atoms with van der Waals surface area (Å²) in [6, 6.07) is 5.07. The Kier molecular flexibility index (Phi) is 5.05. The highest BCUT2D eigenvalue weighted by Gasteiger charge is 2.18. The molecule has 1 amide bonds. The van der Waals surface area contributed by atoms with Gasteiger partial charge in [-0.2, -0.15) is 0 Å². The topological polar surface area (TPSA) is 49.3 Å². The van der Waals surface area contributed by atoms with Gasteiger partial charge in [-0.1, -0.05) is 38.7 Å². The Bertz CT molecular complexity index is 462. The van der Waals surface area contributed by atoms with E-state index in [0.29, 0.717) is 11.1 Å². The molecular formula is C17H25NO2. The van der Waals surface area contributed by atoms with E-state index in [1.807, 2.05) is 0 Å². The molecule has 1 saturated carbocycles. The molecule has 0 atom stereocenters. The van der Waals surface area contributed by atoms with Crippen LogP contribution in [0.5, 0.6) is 5.75 Å². The highest BCUT2D eigenvalue weighted by atomic mass is 16.3. The Morgan fingerprint density at radius 3 is 2.70 bits per heavy atom. The highest BCUT2D eigenvalue weighted by molar-refractivity contribution is 5.96. The fourth-order valence-corrected chi connectivity index (χ4v) is 2.97. The number of benzene rings is 1. The number of amides is 1. The molecule has 0 heterocycles. The average Bonchev–Trinajstić information content (AvgIpc) is 2.44. The molecular weight excluding hydrogens is 250 g/mol. The predicted octanol–water partition coefficient (Wildman–Crippen LogP) is 3.65. The van der Waals surface area contributed by atoms with Crippen molar-refractivity contribution in [2.45, 2.75) is 46.0 Å². The number of hydrogen-bond acceptors (Lipinski definition) is 2. The maximum atomic E-state index is 12.1. The number of rotatable bonds is 4. The molecule has 2 rings (SSSR count). The molecule has 110 valence electrons. The molecule has 1 aromatic rings. The molecule has 1 aromatic carbocycles. The molecule has 3 heteroatoms. The lowest BCUT2D eigenvalue weighted by Crippen LogP contribution is -2.27. The van der Waals surface area contributed by atoms with Crippen LogP contribution in [-0.2, 0) is 0 Å². The lowest BCUT2D eigenvalue weighted by atomic mass is 9.81. The molecule has 0 aromatic heterocycles. The minimum Gasteiger partial charge on any atom is -0.508 e. The number of carbonyl (C=O) groups excluding carboxylic acids is 1. The summed E-state index contributed by atoms with van der Waals surface area (Å²) in [5.41, 5.74) is 1.22. The maximum absolute atomic E-state index is 12.1. The first-order valence-electron chi connectivity index (χ1n) is 7.64. The van der Waals surface area contributed by atoms with Gasteiger partial charge < -0.3 is 10.4 Å². The summed E-state index contributed by atoms with van der Waals surface area (Å²) in [5, 5.41) is 12.6. The van der Waals surface area contributed by atoms with Crippen LogP contribution in [0.25, 0.3) is 0 Å². The Balaban J connectivity index is 1.79. The molecule has 0 spiro atoms. The van der Waals surface area contributed by atoms with Crippen LogP contribution in [0.15, 0.2) is 18.2 Å². The quantitative estimate of drug-likeness (QED) is 0.881. The van der Waals surface area contributed by atoms with Crippen LogP contribution in [0.3, 0.4) is 0 Å². The fraction of sp³-hybridized carbons (Fsp3) is 0.588. The molecule has 0 radical (unpaired) electrons. The van der Waals surface area contributed by atoms with E-state index >= 15 is 0 Å². The van der Waals surface area contributed by atoms with Crippen LogP contribution < -0.4 is 5.32 Å². The van der Waals surface area contributed by atoms with Gasteiger partial charge in [-0.25, -0.2) is 0 Å². The minimum absolute atomic E-state index is 0.0809. The van der Waals surface area contributed by atoms with Gasteiger partial charge in [-0.3, -0.25) is 4.79 Å². The summed E-state index contributed by atoms with van der Waals surface area (Å²) < 4.78 is 0. The van der Waals surface area contributed by atoms with Gasteiger partial charge >= 0.3 is 0 Å². The molecule has 1 fully saturated rings. The zero-order chi connectivity index (χ0) is 14.5. The molecule has 0 saturated heterocycles. The van der Waals surface area contributed by atoms with Crippen molar-refractivity contribution in [2.75, 3.05) is 6.54 Å². The first-order valence-corrected chi connectivity index (χ1v) is 7.64. The molecule has 0 bridgehead atoms. The van der Waals surface area contributed by atoms with Gasteiger partial charge in [0.25, 0.3) is 5.91 Å². The van der Waals surface area contributed by atoms with E-state index in [4.69, 9.17) is 0 Å². The number of nitrogens with one attached hydrogen (secondary N) is 1. The normalized spacial score (nSPS) is 22.5. The predicted molar refractivity (Wildman–Crippen MR) is 80.9 cm³/mol. The van der Waals surface area contributed by atoms with Crippen LogP contribution in [-0.4, -0.2) is 17.6 Å². The lowest BCUT2D eigenvalue weighted by Gasteiger charge is -2.26. The lowest BCUT2D eigenvalue weighted by molar-refractivity contribution is 0.0948. The molecule has 1 aliphatic rings. The fourth-order valence-electron chi connectivity index (χ4n) is 2.97. The zero-order valence-electron chi connectivity index (χ0n) is 12.5. The molecule has 0 aliphatic heterocycles. The van der Waals surface area contributed by atoms with Gasteiger partial charge in [0.15, 0.2) is 0 Å². The van der Waals surface area contributed by atoms with Gasteiger partial charge in [0.05, 0.1) is 0 Å². The second kappa shape index (κ2) is 6.78. The maximum Gasteiger partial charge on any atom is 0.251 e. The van der Waals surface area contributed by atoms with Gasteiger partial charge in [0.2, 0.25) is 0 Å². The standard InChI is InChI=1S/C17H25NO2/c1-12-6-8-14(9-7-12)10-11-18-17(20)15-4-3-5-16(19)13(15)2/h3-5,12,14,19H,6-11H2,1-2H3,(H,18,20). The third-order valence-corrected chi connectivity index (χ3v) is 4.52. The Morgan fingerprint density at radius 2 is 2.00 bits per heavy atom. The van der Waals surface area contributed by atoms with Crippen LogP contribution in [0.1, 0.15) is 54.9 Å². The van der Waals surface area contributed by atoms with Crippen LogP contribution >= 0.6 is 0 Å². The molecule has 0 unspecified atom stereocenters. The summed E-state index contributed by atoms with van der Waals surface area (Å²) in [4.78, 5) is 12.1. The van der Waals surface area contributed by atoms with E-state index in [9.17, 15) is 9.90 Å². The van der Waals surface area contributed by atoms with E-state index in [0.717, 1.165) is 24.8 Å². The van der Waals surface area contributed by atoms with Gasteiger partial charge in [-0.15, -0.1) is 0 Å². The second-order valence-electron chi connectivity index (χ2n) is 6.12. The number of hydrogen-bond donors (Lipinski definition) is 2. The zero-order valence-corrected chi connectivity index (χ0v) is 12.5. The summed E-state index contributed by atoms with van der Waals surface area (Å²) in [6.07, 6.45) is 6.30. The highest BCUT2D eigenvalue weighted by Crippen LogP contribution is 2.30. The van der Waals surface area contributed by atoms with E-state index < -0.39 is 0 Å². The first-order chi connectivity index (χ1) is 9.58. The van der Waals surface area contributed by atoms with Crippen molar-refractivity contribution in [3.05, 3.63) is 29.3 Å². The summed E-state index contributed by atoms with van der Waals surface area (Å²) in [6.45, 7) is 4.82. The van der Waals surface area contributed by atoms with Crippen molar-refractivity contribution < 1.29 is 9.90 Å². The van der Waals surface area contributed by atoms with Crippen molar-refractivity contribution in [1.82, 2.24) is 5.32 Å². The Morgan fingerprint density at radius 1 is 1.30 bits per heavy atom. The summed E-state index contributed by atoms with van der Waals surface area (Å²) >= 11 is 0. The van der Waals surface area contributed by atoms with Crippen molar-refractivity contribution in [3.8, 4) is 5.75 Å². The first kappa shape index (κ1) is 14.9. The SMILES string of the molecule is Cc1c(O)cccc1C(=O)NCCC1CCC(C)CC1. The Hall–Kier alpha value is -1.51. The van der Waals surface area contributed by atoms with Gasteiger partial charge in [0, 0.05) is 17.7 Å². The monoisotopic (exact) mass is 275 g/mol. The van der Waals surface area contributed by atoms with Crippen molar-refractivity contribution >= 4 is 5.91 Å². The van der Waals surface area contributed by atoms with Crippen LogP contribution in [0.4, 0.5) is 0 Å². The van der Waals surface area contributed by atoms with Crippen molar-refractivity contribution in [2.24, 2.45) is 11.8 Å². The number of phenolic OH excluding ortho intramolecular Hbond substituents is 1. The summed E-state index contributed by atoms with van der Waals surface area (Å²) in [5.74, 6) is 1.73. The van der Waals surface area contributed by atoms with Crippen molar-refractivity contribution in [1.29, 1.82) is 0 Å². The number of aromatic hydroxyl groups is 1. The van der Waals surface area contributed by atoms with E-state index in [2.05, 4.69) is 12.2 Å². The van der Waals surface area contributed by atoms with Gasteiger partial charge in [-0.05, 0) is 37.3 Å². The Labute approximate surface area is 121 Å².